The van der Waals surface area contributed by atoms with Gasteiger partial charge in [-0.2, -0.15) is 0 Å². The Morgan fingerprint density at radius 2 is 1.26 bits per heavy atom. The van der Waals surface area contributed by atoms with Gasteiger partial charge in [0.2, 0.25) is 0 Å². The van der Waals surface area contributed by atoms with Gasteiger partial charge in [0.05, 0.1) is 44.2 Å². The summed E-state index contributed by atoms with van der Waals surface area (Å²) in [5.74, 6) is -0.229. The Bertz CT molecular complexity index is 1760. The first-order valence-corrected chi connectivity index (χ1v) is 24.4. The molecule has 18 heteroatoms. The predicted octanol–water partition coefficient (Wildman–Crippen LogP) is -0.417. The zero-order chi connectivity index (χ0) is 48.4. The minimum Gasteiger partial charge on any atom is -0.396 e. The van der Waals surface area contributed by atoms with Gasteiger partial charge in [0.15, 0.2) is 18.9 Å². The number of ether oxygens (including phenoxy) is 6. The lowest BCUT2D eigenvalue weighted by molar-refractivity contribution is -0.374. The van der Waals surface area contributed by atoms with Crippen molar-refractivity contribution in [2.45, 2.75) is 217 Å². The van der Waals surface area contributed by atoms with Gasteiger partial charge in [-0.1, -0.05) is 60.1 Å². The maximum Gasteiger partial charge on any atom is 0.187 e. The van der Waals surface area contributed by atoms with Crippen molar-refractivity contribution in [3.8, 4) is 0 Å². The fourth-order valence-electron chi connectivity index (χ4n) is 15.2. The van der Waals surface area contributed by atoms with E-state index < -0.39 is 151 Å². The van der Waals surface area contributed by atoms with Crippen molar-refractivity contribution in [3.05, 3.63) is 11.6 Å². The number of aliphatic hydroxyl groups excluding tert-OH is 12. The molecule has 3 heterocycles. The van der Waals surface area contributed by atoms with Gasteiger partial charge in [-0.15, -0.1) is 0 Å². The van der Waals surface area contributed by atoms with Gasteiger partial charge in [-0.3, -0.25) is 0 Å². The highest BCUT2D eigenvalue weighted by molar-refractivity contribution is 5.37. The number of hydrogen-bond acceptors (Lipinski definition) is 18. The van der Waals surface area contributed by atoms with Gasteiger partial charge < -0.3 is 89.7 Å². The standard InChI is InChI=1S/C48H80O18/c1-21-30(53)32(55)36(59)41(62-21)66-38-26(19-61-40-35(58)33(56)31(54)25(18-49)63-40)64-42(37(60)34(38)57)65-29-10-11-45(6)27(44(29,4)5)9-12-46(7)39(45)24(51)15-22-23-16-43(2,3)13-14-48(23,20-50)28(52)17-47(22,46)8/h15,21,23-42,49-60H,9-14,16-20H2,1-8H3/t21-,23+,24+,25-,26-,27-,28+,29-,30+,31+,32+,33+,34+,35-,36-,37+,38-,39+,40+,41-,42-,45-,46+,47-,48-/m0/s1. The Kier molecular flexibility index (Phi) is 14.0. The van der Waals surface area contributed by atoms with Crippen LogP contribution >= 0.6 is 0 Å². The van der Waals surface area contributed by atoms with E-state index in [1.54, 1.807) is 0 Å². The van der Waals surface area contributed by atoms with Crippen LogP contribution in [-0.2, 0) is 28.4 Å². The summed E-state index contributed by atoms with van der Waals surface area (Å²) in [7, 11) is 0. The monoisotopic (exact) mass is 945 g/mol. The molecule has 3 aliphatic heterocycles. The number of allylic oxidation sites excluding steroid dienone is 1. The number of fused-ring (bicyclic) bond motifs is 7. The predicted molar refractivity (Wildman–Crippen MR) is 231 cm³/mol. The molecule has 0 aromatic rings. The summed E-state index contributed by atoms with van der Waals surface area (Å²) in [5, 5.41) is 132. The topological polar surface area (TPSA) is 298 Å². The molecule has 3 saturated heterocycles. The molecule has 0 aromatic carbocycles. The third-order valence-electron chi connectivity index (χ3n) is 19.4. The smallest absolute Gasteiger partial charge is 0.187 e. The van der Waals surface area contributed by atoms with Crippen LogP contribution in [-0.4, -0.2) is 192 Å². The van der Waals surface area contributed by atoms with Gasteiger partial charge in [0.25, 0.3) is 0 Å². The Balaban J connectivity index is 1.04. The number of rotatable bonds is 9. The van der Waals surface area contributed by atoms with Crippen molar-refractivity contribution in [2.24, 2.45) is 50.2 Å². The van der Waals surface area contributed by atoms with E-state index in [0.29, 0.717) is 19.3 Å². The third-order valence-corrected chi connectivity index (χ3v) is 19.4. The van der Waals surface area contributed by atoms with Gasteiger partial charge in [0, 0.05) is 11.3 Å². The molecule has 8 aliphatic rings. The fourth-order valence-corrected chi connectivity index (χ4v) is 15.2. The third kappa shape index (κ3) is 7.91. The summed E-state index contributed by atoms with van der Waals surface area (Å²) in [6, 6.07) is 0. The molecule has 0 spiro atoms. The van der Waals surface area contributed by atoms with Crippen LogP contribution in [0.3, 0.4) is 0 Å². The minimum atomic E-state index is -1.78. The molecule has 5 aliphatic carbocycles. The van der Waals surface area contributed by atoms with E-state index in [-0.39, 0.29) is 29.8 Å². The first-order chi connectivity index (χ1) is 30.7. The SMILES string of the molecule is C[C@@H]1O[C@@H](O[C@@H]2[C@H](O)[C@@H](O)[C@H](O[C@H]3CC[C@]4(C)[C@H]5[C@H](O)C=C6[C@H]7CC(C)(C)CC[C@@]7(CO)[C@H](O)C[C@]6(C)[C@]5(C)CC[C@H]4C3(C)C)O[C@H]2CO[C@@H]2O[C@@H](CO)[C@@H](O)[C@@H](O)[C@@H]2O)[C@@H](O)[C@H](O)[C@@H]1O. The highest BCUT2D eigenvalue weighted by atomic mass is 16.8. The molecule has 8 rings (SSSR count). The molecule has 0 radical (unpaired) electrons. The van der Waals surface area contributed by atoms with Crippen LogP contribution < -0.4 is 0 Å². The summed E-state index contributed by atoms with van der Waals surface area (Å²) < 4.78 is 36.2. The van der Waals surface area contributed by atoms with E-state index in [0.717, 1.165) is 32.1 Å². The molecule has 0 bridgehead atoms. The first-order valence-electron chi connectivity index (χ1n) is 24.4. The molecular formula is C48H80O18. The highest BCUT2D eigenvalue weighted by Crippen LogP contribution is 2.76. The lowest BCUT2D eigenvalue weighted by Gasteiger charge is -2.72. The van der Waals surface area contributed by atoms with E-state index in [1.165, 1.54) is 12.5 Å². The lowest BCUT2D eigenvalue weighted by Crippen LogP contribution is -2.69. The van der Waals surface area contributed by atoms with Crippen molar-refractivity contribution in [1.29, 1.82) is 0 Å². The van der Waals surface area contributed by atoms with Crippen molar-refractivity contribution in [2.75, 3.05) is 19.8 Å². The maximum absolute atomic E-state index is 12.5. The van der Waals surface area contributed by atoms with Crippen molar-refractivity contribution in [1.82, 2.24) is 0 Å². The van der Waals surface area contributed by atoms with Crippen LogP contribution in [0.5, 0.6) is 0 Å². The number of aliphatic hydroxyl groups is 12. The summed E-state index contributed by atoms with van der Waals surface area (Å²) in [5.41, 5.74) is -1.25. The number of hydrogen-bond donors (Lipinski definition) is 12. The fraction of sp³-hybridized carbons (Fsp3) is 0.958. The molecule has 4 saturated carbocycles. The van der Waals surface area contributed by atoms with E-state index in [9.17, 15) is 61.3 Å². The quantitative estimate of drug-likeness (QED) is 0.103. The summed E-state index contributed by atoms with van der Waals surface area (Å²) >= 11 is 0. The van der Waals surface area contributed by atoms with E-state index in [1.807, 2.05) is 0 Å². The molecule has 25 atom stereocenters. The molecular weight excluding hydrogens is 865 g/mol. The molecule has 66 heavy (non-hydrogen) atoms. The molecule has 0 unspecified atom stereocenters. The molecule has 18 nitrogen and oxygen atoms in total. The van der Waals surface area contributed by atoms with Gasteiger partial charge in [-0.25, -0.2) is 0 Å². The Labute approximate surface area is 387 Å². The van der Waals surface area contributed by atoms with Crippen LogP contribution in [0.1, 0.15) is 107 Å². The van der Waals surface area contributed by atoms with Crippen molar-refractivity contribution in [3.63, 3.8) is 0 Å². The normalized spacial score (nSPS) is 55.7. The second-order valence-electron chi connectivity index (χ2n) is 23.8. The minimum absolute atomic E-state index is 0.00875. The first kappa shape index (κ1) is 51.4. The zero-order valence-corrected chi connectivity index (χ0v) is 39.8. The van der Waals surface area contributed by atoms with E-state index >= 15 is 0 Å². The van der Waals surface area contributed by atoms with Gasteiger partial charge >= 0.3 is 0 Å². The molecule has 380 valence electrons. The van der Waals surface area contributed by atoms with Crippen LogP contribution in [0.4, 0.5) is 0 Å². The molecule has 0 aromatic heterocycles. The maximum atomic E-state index is 12.5. The van der Waals surface area contributed by atoms with Crippen LogP contribution in [0.15, 0.2) is 11.6 Å². The lowest BCUT2D eigenvalue weighted by atomic mass is 9.33. The Hall–Kier alpha value is -0.980. The largest absolute Gasteiger partial charge is 0.396 e. The average Bonchev–Trinajstić information content (AvgIpc) is 3.25. The summed E-state index contributed by atoms with van der Waals surface area (Å²) in [6.07, 6.45) is -17.7. The Morgan fingerprint density at radius 3 is 1.92 bits per heavy atom. The van der Waals surface area contributed by atoms with E-state index in [4.69, 9.17) is 28.4 Å². The second-order valence-corrected chi connectivity index (χ2v) is 23.8. The van der Waals surface area contributed by atoms with Crippen LogP contribution in [0, 0.1) is 50.2 Å². The van der Waals surface area contributed by atoms with Gasteiger partial charge in [-0.05, 0) is 97.2 Å². The van der Waals surface area contributed by atoms with Crippen molar-refractivity contribution < 1.29 is 89.7 Å². The van der Waals surface area contributed by atoms with Crippen molar-refractivity contribution >= 4 is 0 Å². The zero-order valence-electron chi connectivity index (χ0n) is 39.8. The van der Waals surface area contributed by atoms with E-state index in [2.05, 4.69) is 54.5 Å². The van der Waals surface area contributed by atoms with Crippen LogP contribution in [0.2, 0.25) is 0 Å². The van der Waals surface area contributed by atoms with Gasteiger partial charge in [0.1, 0.15) is 67.1 Å². The molecule has 12 N–H and O–H groups in total. The highest BCUT2D eigenvalue weighted by Gasteiger charge is 2.72. The summed E-state index contributed by atoms with van der Waals surface area (Å²) in [6.45, 7) is 15.7. The summed E-state index contributed by atoms with van der Waals surface area (Å²) in [4.78, 5) is 0. The van der Waals surface area contributed by atoms with Crippen LogP contribution in [0.25, 0.3) is 0 Å². The average molecular weight is 945 g/mol. The second kappa shape index (κ2) is 17.9. The molecule has 0 amide bonds. The Morgan fingerprint density at radius 1 is 0.636 bits per heavy atom. The molecule has 7 fully saturated rings.